The number of hydrogen-bond donors (Lipinski definition) is 2. The number of amides is 1. The van der Waals surface area contributed by atoms with Crippen molar-refractivity contribution in [3.05, 3.63) is 0 Å². The Morgan fingerprint density at radius 1 is 1.50 bits per heavy atom. The molecule has 3 atom stereocenters. The molecule has 20 heavy (non-hydrogen) atoms. The summed E-state index contributed by atoms with van der Waals surface area (Å²) in [6, 6.07) is 0.472. The van der Waals surface area contributed by atoms with Crippen molar-refractivity contribution in [3.8, 4) is 0 Å². The number of morpholine rings is 1. The summed E-state index contributed by atoms with van der Waals surface area (Å²) in [7, 11) is 0. The van der Waals surface area contributed by atoms with Crippen LogP contribution in [0, 0.1) is 5.41 Å². The summed E-state index contributed by atoms with van der Waals surface area (Å²) in [6.45, 7) is 7.14. The summed E-state index contributed by atoms with van der Waals surface area (Å²) in [5.74, 6) is 0.206. The zero-order valence-electron chi connectivity index (χ0n) is 12.7. The fourth-order valence-corrected chi connectivity index (χ4v) is 3.31. The van der Waals surface area contributed by atoms with Crippen LogP contribution >= 0.6 is 0 Å². The number of aliphatic hydroxyl groups is 1. The molecule has 0 radical (unpaired) electrons. The normalized spacial score (nSPS) is 32.4. The molecular weight excluding hydrogens is 256 g/mol. The first-order valence-electron chi connectivity index (χ1n) is 7.77. The van der Waals surface area contributed by atoms with E-state index in [4.69, 9.17) is 4.74 Å². The number of nitrogens with zero attached hydrogens (tertiary/aromatic N) is 1. The molecule has 0 spiro atoms. The molecule has 0 aromatic rings. The predicted octanol–water partition coefficient (Wildman–Crippen LogP) is 0.765. The standard InChI is InChI=1S/C15H28N2O3/c1-12(10-14(19)17-6-8-20-9-7-17)16-13-4-3-5-15(13,2)11-18/h12-13,16,18H,3-11H2,1-2H3. The van der Waals surface area contributed by atoms with Gasteiger partial charge in [0.05, 0.1) is 13.2 Å². The second-order valence-electron chi connectivity index (χ2n) is 6.52. The second-order valence-corrected chi connectivity index (χ2v) is 6.52. The molecule has 1 saturated carbocycles. The first-order chi connectivity index (χ1) is 9.55. The zero-order chi connectivity index (χ0) is 14.6. The first kappa shape index (κ1) is 15.7. The van der Waals surface area contributed by atoms with Crippen LogP contribution in [0.25, 0.3) is 0 Å². The van der Waals surface area contributed by atoms with Gasteiger partial charge < -0.3 is 20.1 Å². The van der Waals surface area contributed by atoms with E-state index in [1.165, 1.54) is 0 Å². The Morgan fingerprint density at radius 3 is 2.85 bits per heavy atom. The number of hydrogen-bond acceptors (Lipinski definition) is 4. The molecule has 5 nitrogen and oxygen atoms in total. The summed E-state index contributed by atoms with van der Waals surface area (Å²) in [4.78, 5) is 14.1. The van der Waals surface area contributed by atoms with Crippen LogP contribution in [0.5, 0.6) is 0 Å². The molecular formula is C15H28N2O3. The molecule has 0 aromatic carbocycles. The molecule has 2 N–H and O–H groups in total. The van der Waals surface area contributed by atoms with E-state index in [0.717, 1.165) is 19.3 Å². The fraction of sp³-hybridized carbons (Fsp3) is 0.933. The van der Waals surface area contributed by atoms with E-state index >= 15 is 0 Å². The minimum Gasteiger partial charge on any atom is -0.396 e. The highest BCUT2D eigenvalue weighted by Gasteiger charge is 2.38. The number of ether oxygens (including phenoxy) is 1. The molecule has 0 aromatic heterocycles. The van der Waals surface area contributed by atoms with Gasteiger partial charge in [-0.3, -0.25) is 4.79 Å². The Bertz CT molecular complexity index is 331. The summed E-state index contributed by atoms with van der Waals surface area (Å²) in [6.07, 6.45) is 3.83. The summed E-state index contributed by atoms with van der Waals surface area (Å²) in [5.41, 5.74) is -0.0315. The van der Waals surface area contributed by atoms with Crippen LogP contribution in [0.4, 0.5) is 0 Å². The minimum atomic E-state index is -0.0315. The highest BCUT2D eigenvalue weighted by Crippen LogP contribution is 2.37. The van der Waals surface area contributed by atoms with Gasteiger partial charge in [0.2, 0.25) is 5.91 Å². The van der Waals surface area contributed by atoms with Gasteiger partial charge in [0.15, 0.2) is 0 Å². The Hall–Kier alpha value is -0.650. The summed E-state index contributed by atoms with van der Waals surface area (Å²) >= 11 is 0. The smallest absolute Gasteiger partial charge is 0.224 e. The molecule has 2 fully saturated rings. The van der Waals surface area contributed by atoms with Crippen molar-refractivity contribution in [2.45, 2.75) is 51.6 Å². The van der Waals surface area contributed by atoms with Crippen molar-refractivity contribution in [2.75, 3.05) is 32.9 Å². The van der Waals surface area contributed by atoms with Gasteiger partial charge in [-0.1, -0.05) is 13.3 Å². The molecule has 1 aliphatic heterocycles. The van der Waals surface area contributed by atoms with Crippen molar-refractivity contribution >= 4 is 5.91 Å². The predicted molar refractivity (Wildman–Crippen MR) is 77.4 cm³/mol. The van der Waals surface area contributed by atoms with Gasteiger partial charge in [-0.25, -0.2) is 0 Å². The third-order valence-electron chi connectivity index (χ3n) is 4.77. The van der Waals surface area contributed by atoms with Crippen LogP contribution in [0.2, 0.25) is 0 Å². The third-order valence-corrected chi connectivity index (χ3v) is 4.77. The number of rotatable bonds is 5. The minimum absolute atomic E-state index is 0.0315. The maximum absolute atomic E-state index is 12.2. The van der Waals surface area contributed by atoms with E-state index in [2.05, 4.69) is 19.2 Å². The lowest BCUT2D eigenvalue weighted by Gasteiger charge is -2.33. The molecule has 5 heteroatoms. The van der Waals surface area contributed by atoms with Gasteiger partial charge in [-0.15, -0.1) is 0 Å². The molecule has 3 unspecified atom stereocenters. The Balaban J connectivity index is 1.79. The topological polar surface area (TPSA) is 61.8 Å². The average Bonchev–Trinajstić information content (AvgIpc) is 2.81. The Morgan fingerprint density at radius 2 is 2.20 bits per heavy atom. The van der Waals surface area contributed by atoms with Crippen LogP contribution in [0.1, 0.15) is 39.5 Å². The van der Waals surface area contributed by atoms with Crippen LogP contribution in [0.3, 0.4) is 0 Å². The van der Waals surface area contributed by atoms with Gasteiger partial charge in [-0.05, 0) is 19.8 Å². The largest absolute Gasteiger partial charge is 0.396 e. The quantitative estimate of drug-likeness (QED) is 0.782. The number of carbonyl (C=O) groups excluding carboxylic acids is 1. The number of carbonyl (C=O) groups is 1. The average molecular weight is 284 g/mol. The van der Waals surface area contributed by atoms with E-state index in [0.29, 0.717) is 38.8 Å². The van der Waals surface area contributed by atoms with E-state index in [9.17, 15) is 9.90 Å². The van der Waals surface area contributed by atoms with Gasteiger partial charge in [0, 0.05) is 43.6 Å². The van der Waals surface area contributed by atoms with Crippen molar-refractivity contribution in [1.29, 1.82) is 0 Å². The van der Waals surface area contributed by atoms with Crippen LogP contribution < -0.4 is 5.32 Å². The van der Waals surface area contributed by atoms with Gasteiger partial charge in [0.1, 0.15) is 0 Å². The van der Waals surface area contributed by atoms with Crippen molar-refractivity contribution < 1.29 is 14.6 Å². The molecule has 1 heterocycles. The van der Waals surface area contributed by atoms with E-state index < -0.39 is 0 Å². The van der Waals surface area contributed by atoms with Crippen molar-refractivity contribution in [2.24, 2.45) is 5.41 Å². The van der Waals surface area contributed by atoms with Crippen LogP contribution in [0.15, 0.2) is 0 Å². The summed E-state index contributed by atoms with van der Waals surface area (Å²) < 4.78 is 5.27. The summed E-state index contributed by atoms with van der Waals surface area (Å²) in [5, 5.41) is 13.1. The van der Waals surface area contributed by atoms with Crippen molar-refractivity contribution in [3.63, 3.8) is 0 Å². The first-order valence-corrected chi connectivity index (χ1v) is 7.77. The SMILES string of the molecule is CC(CC(=O)N1CCOCC1)NC1CCCC1(C)CO. The lowest BCUT2D eigenvalue weighted by molar-refractivity contribution is -0.135. The molecule has 0 bridgehead atoms. The Labute approximate surface area is 121 Å². The highest BCUT2D eigenvalue weighted by atomic mass is 16.5. The van der Waals surface area contributed by atoms with Gasteiger partial charge in [-0.2, -0.15) is 0 Å². The molecule has 1 aliphatic carbocycles. The lowest BCUT2D eigenvalue weighted by atomic mass is 9.85. The van der Waals surface area contributed by atoms with E-state index in [1.807, 2.05) is 4.90 Å². The molecule has 116 valence electrons. The maximum atomic E-state index is 12.2. The monoisotopic (exact) mass is 284 g/mol. The molecule has 2 aliphatic rings. The molecule has 2 rings (SSSR count). The van der Waals surface area contributed by atoms with Gasteiger partial charge in [0.25, 0.3) is 0 Å². The zero-order valence-corrected chi connectivity index (χ0v) is 12.7. The van der Waals surface area contributed by atoms with Crippen LogP contribution in [-0.4, -0.2) is 60.9 Å². The van der Waals surface area contributed by atoms with E-state index in [1.54, 1.807) is 0 Å². The fourth-order valence-electron chi connectivity index (χ4n) is 3.31. The highest BCUT2D eigenvalue weighted by molar-refractivity contribution is 5.76. The van der Waals surface area contributed by atoms with Gasteiger partial charge >= 0.3 is 0 Å². The lowest BCUT2D eigenvalue weighted by Crippen LogP contribution is -2.48. The number of nitrogens with one attached hydrogen (secondary N) is 1. The van der Waals surface area contributed by atoms with Crippen molar-refractivity contribution in [1.82, 2.24) is 10.2 Å². The van der Waals surface area contributed by atoms with Crippen LogP contribution in [-0.2, 0) is 9.53 Å². The second kappa shape index (κ2) is 6.87. The molecule has 1 saturated heterocycles. The number of aliphatic hydroxyl groups excluding tert-OH is 1. The van der Waals surface area contributed by atoms with E-state index in [-0.39, 0.29) is 24.0 Å². The Kier molecular flexibility index (Phi) is 5.41. The maximum Gasteiger partial charge on any atom is 0.224 e. The molecule has 1 amide bonds. The third kappa shape index (κ3) is 3.71.